The van der Waals surface area contributed by atoms with E-state index < -0.39 is 0 Å². The van der Waals surface area contributed by atoms with Crippen LogP contribution in [0.1, 0.15) is 31.2 Å². The Morgan fingerprint density at radius 3 is 2.84 bits per heavy atom. The quantitative estimate of drug-likeness (QED) is 0.845. The third-order valence-corrected chi connectivity index (χ3v) is 5.01. The van der Waals surface area contributed by atoms with Crippen molar-refractivity contribution in [1.29, 1.82) is 5.26 Å². The SMILES string of the molecule is CN(CC1CC2CCC1C2)c1cccc(C#N)c1N. The van der Waals surface area contributed by atoms with E-state index in [-0.39, 0.29) is 0 Å². The number of anilines is 2. The zero-order chi connectivity index (χ0) is 13.4. The summed E-state index contributed by atoms with van der Waals surface area (Å²) in [5, 5.41) is 9.05. The number of nitrogens with zero attached hydrogens (tertiary/aromatic N) is 2. The second kappa shape index (κ2) is 4.77. The Labute approximate surface area is 115 Å². The van der Waals surface area contributed by atoms with Gasteiger partial charge in [0.25, 0.3) is 0 Å². The van der Waals surface area contributed by atoms with Crippen molar-refractivity contribution in [2.75, 3.05) is 24.2 Å². The van der Waals surface area contributed by atoms with Crippen LogP contribution in [0.25, 0.3) is 0 Å². The number of nitriles is 1. The number of nitrogen functional groups attached to an aromatic ring is 1. The fourth-order valence-corrected chi connectivity index (χ4v) is 4.03. The number of benzene rings is 1. The molecule has 2 fully saturated rings. The lowest BCUT2D eigenvalue weighted by molar-refractivity contribution is 0.337. The molecular weight excluding hydrogens is 234 g/mol. The van der Waals surface area contributed by atoms with E-state index in [0.717, 1.165) is 30.0 Å². The van der Waals surface area contributed by atoms with Crippen molar-refractivity contribution in [3.63, 3.8) is 0 Å². The van der Waals surface area contributed by atoms with Gasteiger partial charge in [0.15, 0.2) is 0 Å². The van der Waals surface area contributed by atoms with Crippen LogP contribution in [0, 0.1) is 29.1 Å². The summed E-state index contributed by atoms with van der Waals surface area (Å²) in [5.41, 5.74) is 8.28. The van der Waals surface area contributed by atoms with E-state index in [1.807, 2.05) is 12.1 Å². The molecule has 0 heterocycles. The Morgan fingerprint density at radius 2 is 2.21 bits per heavy atom. The Hall–Kier alpha value is -1.69. The zero-order valence-corrected chi connectivity index (χ0v) is 11.5. The van der Waals surface area contributed by atoms with Crippen molar-refractivity contribution < 1.29 is 0 Å². The molecule has 3 unspecified atom stereocenters. The maximum Gasteiger partial charge on any atom is 0.101 e. The van der Waals surface area contributed by atoms with E-state index in [2.05, 4.69) is 18.0 Å². The Bertz CT molecular complexity index is 517. The fraction of sp³-hybridized carbons (Fsp3) is 0.562. The topological polar surface area (TPSA) is 53.0 Å². The van der Waals surface area contributed by atoms with Crippen molar-refractivity contribution in [2.24, 2.45) is 17.8 Å². The highest BCUT2D eigenvalue weighted by Gasteiger charge is 2.39. The molecule has 3 rings (SSSR count). The first-order valence-corrected chi connectivity index (χ1v) is 7.18. The molecule has 0 amide bonds. The molecule has 0 aromatic heterocycles. The third kappa shape index (κ3) is 2.16. The van der Waals surface area contributed by atoms with Crippen LogP contribution >= 0.6 is 0 Å². The van der Waals surface area contributed by atoms with E-state index in [4.69, 9.17) is 11.0 Å². The summed E-state index contributed by atoms with van der Waals surface area (Å²) in [5.74, 6) is 2.72. The van der Waals surface area contributed by atoms with E-state index >= 15 is 0 Å². The van der Waals surface area contributed by atoms with Gasteiger partial charge in [-0.1, -0.05) is 12.5 Å². The van der Waals surface area contributed by atoms with Crippen molar-refractivity contribution in [1.82, 2.24) is 0 Å². The summed E-state index contributed by atoms with van der Waals surface area (Å²) in [7, 11) is 2.10. The van der Waals surface area contributed by atoms with Crippen LogP contribution in [0.4, 0.5) is 11.4 Å². The lowest BCUT2D eigenvalue weighted by Gasteiger charge is -2.29. The van der Waals surface area contributed by atoms with Gasteiger partial charge < -0.3 is 10.6 Å². The number of hydrogen-bond donors (Lipinski definition) is 1. The molecule has 3 heteroatoms. The van der Waals surface area contributed by atoms with Crippen LogP contribution in [0.3, 0.4) is 0 Å². The van der Waals surface area contributed by atoms with Gasteiger partial charge in [-0.3, -0.25) is 0 Å². The van der Waals surface area contributed by atoms with Crippen LogP contribution in [0.2, 0.25) is 0 Å². The van der Waals surface area contributed by atoms with Gasteiger partial charge >= 0.3 is 0 Å². The van der Waals surface area contributed by atoms with Gasteiger partial charge in [0.2, 0.25) is 0 Å². The van der Waals surface area contributed by atoms with Crippen molar-refractivity contribution in [3.8, 4) is 6.07 Å². The lowest BCUT2D eigenvalue weighted by Crippen LogP contribution is -2.29. The summed E-state index contributed by atoms with van der Waals surface area (Å²) in [6.45, 7) is 1.07. The minimum absolute atomic E-state index is 0.581. The molecular formula is C16H21N3. The molecule has 19 heavy (non-hydrogen) atoms. The molecule has 3 nitrogen and oxygen atoms in total. The van der Waals surface area contributed by atoms with Gasteiger partial charge in [-0.2, -0.15) is 5.26 Å². The predicted molar refractivity (Wildman–Crippen MR) is 77.8 cm³/mol. The number of hydrogen-bond acceptors (Lipinski definition) is 3. The van der Waals surface area contributed by atoms with Crippen LogP contribution < -0.4 is 10.6 Å². The summed E-state index contributed by atoms with van der Waals surface area (Å²) in [6, 6.07) is 7.88. The smallest absolute Gasteiger partial charge is 0.101 e. The minimum Gasteiger partial charge on any atom is -0.396 e. The van der Waals surface area contributed by atoms with Crippen LogP contribution in [-0.4, -0.2) is 13.6 Å². The van der Waals surface area contributed by atoms with E-state index in [0.29, 0.717) is 11.3 Å². The monoisotopic (exact) mass is 255 g/mol. The highest BCUT2D eigenvalue weighted by atomic mass is 15.1. The van der Waals surface area contributed by atoms with Crippen LogP contribution in [0.15, 0.2) is 18.2 Å². The number of nitrogens with two attached hydrogens (primary N) is 1. The van der Waals surface area contributed by atoms with Gasteiger partial charge in [-0.15, -0.1) is 0 Å². The average molecular weight is 255 g/mol. The second-order valence-corrected chi connectivity index (χ2v) is 6.17. The summed E-state index contributed by atoms with van der Waals surface area (Å²) >= 11 is 0. The summed E-state index contributed by atoms with van der Waals surface area (Å²) in [6.07, 6.45) is 5.67. The molecule has 0 radical (unpaired) electrons. The van der Waals surface area contributed by atoms with E-state index in [1.165, 1.54) is 25.7 Å². The average Bonchev–Trinajstić information content (AvgIpc) is 3.01. The van der Waals surface area contributed by atoms with Crippen molar-refractivity contribution >= 4 is 11.4 Å². The second-order valence-electron chi connectivity index (χ2n) is 6.17. The Morgan fingerprint density at radius 1 is 1.37 bits per heavy atom. The molecule has 100 valence electrons. The van der Waals surface area contributed by atoms with Crippen molar-refractivity contribution in [2.45, 2.75) is 25.7 Å². The van der Waals surface area contributed by atoms with Gasteiger partial charge in [0.1, 0.15) is 6.07 Å². The molecule has 2 N–H and O–H groups in total. The summed E-state index contributed by atoms with van der Waals surface area (Å²) in [4.78, 5) is 2.24. The predicted octanol–water partition coefficient (Wildman–Crippen LogP) is 3.01. The maximum atomic E-state index is 9.05. The molecule has 0 aliphatic heterocycles. The first-order valence-electron chi connectivity index (χ1n) is 7.18. The highest BCUT2D eigenvalue weighted by Crippen LogP contribution is 2.48. The van der Waals surface area contributed by atoms with Gasteiger partial charge in [0.05, 0.1) is 16.9 Å². The van der Waals surface area contributed by atoms with Gasteiger partial charge in [0, 0.05) is 13.6 Å². The Balaban J connectivity index is 1.74. The number of rotatable bonds is 3. The van der Waals surface area contributed by atoms with E-state index in [1.54, 1.807) is 6.07 Å². The van der Waals surface area contributed by atoms with Crippen LogP contribution in [0.5, 0.6) is 0 Å². The highest BCUT2D eigenvalue weighted by molar-refractivity contribution is 5.73. The minimum atomic E-state index is 0.581. The largest absolute Gasteiger partial charge is 0.396 e. The first kappa shape index (κ1) is 12.3. The standard InChI is InChI=1S/C16H21N3/c1-19(10-14-8-11-5-6-12(14)7-11)15-4-2-3-13(9-17)16(15)18/h2-4,11-12,14H,5-8,10,18H2,1H3. The molecule has 2 aliphatic carbocycles. The number of para-hydroxylation sites is 1. The molecule has 3 atom stereocenters. The molecule has 2 saturated carbocycles. The fourth-order valence-electron chi connectivity index (χ4n) is 4.03. The summed E-state index contributed by atoms with van der Waals surface area (Å²) < 4.78 is 0. The molecule has 0 saturated heterocycles. The lowest BCUT2D eigenvalue weighted by atomic mass is 9.88. The van der Waals surface area contributed by atoms with Crippen molar-refractivity contribution in [3.05, 3.63) is 23.8 Å². The number of fused-ring (bicyclic) bond motifs is 2. The van der Waals surface area contributed by atoms with Gasteiger partial charge in [-0.25, -0.2) is 0 Å². The van der Waals surface area contributed by atoms with Gasteiger partial charge in [-0.05, 0) is 49.1 Å². The Kier molecular flexibility index (Phi) is 3.10. The maximum absolute atomic E-state index is 9.05. The molecule has 2 aliphatic rings. The first-order chi connectivity index (χ1) is 9.19. The molecule has 2 bridgehead atoms. The van der Waals surface area contributed by atoms with E-state index in [9.17, 15) is 0 Å². The molecule has 1 aromatic rings. The third-order valence-electron chi connectivity index (χ3n) is 5.01. The molecule has 0 spiro atoms. The molecule has 1 aromatic carbocycles. The van der Waals surface area contributed by atoms with Crippen LogP contribution in [-0.2, 0) is 0 Å². The normalized spacial score (nSPS) is 28.3. The zero-order valence-electron chi connectivity index (χ0n) is 11.5.